The maximum absolute atomic E-state index is 9.80. The Kier molecular flexibility index (Phi) is 3.39. The van der Waals surface area contributed by atoms with E-state index < -0.39 is 0 Å². The molecule has 7 nitrogen and oxygen atoms in total. The highest BCUT2D eigenvalue weighted by Gasteiger charge is 2.00. The van der Waals surface area contributed by atoms with Crippen molar-refractivity contribution >= 4 is 18.1 Å². The third-order valence-corrected chi connectivity index (χ3v) is 0.706. The van der Waals surface area contributed by atoms with Crippen LogP contribution >= 0.6 is 0 Å². The van der Waals surface area contributed by atoms with Gasteiger partial charge in [-0.3, -0.25) is 4.79 Å². The van der Waals surface area contributed by atoms with Crippen molar-refractivity contribution in [3.8, 4) is 0 Å². The van der Waals surface area contributed by atoms with Gasteiger partial charge in [-0.1, -0.05) is 0 Å². The number of carbonyl (C=O) groups is 1. The highest BCUT2D eigenvalue weighted by atomic mass is 16.1. The fourth-order valence-corrected chi connectivity index (χ4v) is 0.294. The van der Waals surface area contributed by atoms with Crippen LogP contribution in [0.4, 0.5) is 0 Å². The lowest BCUT2D eigenvalue weighted by atomic mass is 10.5. The molecule has 0 radical (unpaired) electrons. The summed E-state index contributed by atoms with van der Waals surface area (Å²) in [7, 11) is 0. The second kappa shape index (κ2) is 4.13. The van der Waals surface area contributed by atoms with Crippen LogP contribution in [0.5, 0.6) is 0 Å². The van der Waals surface area contributed by atoms with Crippen LogP contribution < -0.4 is 22.7 Å². The summed E-state index contributed by atoms with van der Waals surface area (Å²) in [5, 5.41) is 8.22. The number of amides is 1. The number of hydrogen-bond donors (Lipinski definition) is 4. The molecule has 0 saturated heterocycles. The maximum Gasteiger partial charge on any atom is 0.212 e. The first-order valence-electron chi connectivity index (χ1n) is 2.28. The number of hydrogen-bond acceptors (Lipinski definition) is 5. The summed E-state index contributed by atoms with van der Waals surface area (Å²) in [4.78, 5) is 9.80. The van der Waals surface area contributed by atoms with Crippen LogP contribution in [0.2, 0.25) is 0 Å². The number of amidine groups is 2. The van der Waals surface area contributed by atoms with Crippen molar-refractivity contribution in [2.75, 3.05) is 0 Å². The lowest BCUT2D eigenvalue weighted by Gasteiger charge is -1.98. The summed E-state index contributed by atoms with van der Waals surface area (Å²) in [6.45, 7) is 0. The monoisotopic (exact) mass is 144 g/mol. The van der Waals surface area contributed by atoms with E-state index in [0.717, 1.165) is 0 Å². The minimum Gasteiger partial charge on any atom is -0.379 e. The SMILES string of the molecule is NN=C(N)C(=NN)NC=O. The van der Waals surface area contributed by atoms with E-state index in [1.54, 1.807) is 0 Å². The first-order chi connectivity index (χ1) is 4.76. The molecule has 7 N–H and O–H groups in total. The number of nitrogens with one attached hydrogen (secondary N) is 1. The molecule has 0 unspecified atom stereocenters. The molecule has 0 heterocycles. The van der Waals surface area contributed by atoms with E-state index in [1.807, 2.05) is 0 Å². The zero-order chi connectivity index (χ0) is 7.98. The van der Waals surface area contributed by atoms with Crippen LogP contribution in [0, 0.1) is 0 Å². The molecule has 56 valence electrons. The molecule has 0 atom stereocenters. The minimum atomic E-state index is -0.130. The summed E-state index contributed by atoms with van der Waals surface area (Å²) in [6, 6.07) is 0. The van der Waals surface area contributed by atoms with Crippen molar-refractivity contribution in [1.82, 2.24) is 5.32 Å². The third-order valence-electron chi connectivity index (χ3n) is 0.706. The third kappa shape index (κ3) is 1.99. The predicted octanol–water partition coefficient (Wildman–Crippen LogP) is -2.76. The molecular formula is C3H8N6O. The van der Waals surface area contributed by atoms with Crippen LogP contribution in [-0.4, -0.2) is 18.1 Å². The van der Waals surface area contributed by atoms with Gasteiger partial charge in [0.05, 0.1) is 0 Å². The number of hydrazone groups is 2. The van der Waals surface area contributed by atoms with E-state index in [-0.39, 0.29) is 11.7 Å². The molecule has 0 saturated carbocycles. The lowest BCUT2D eigenvalue weighted by Crippen LogP contribution is -2.37. The van der Waals surface area contributed by atoms with Gasteiger partial charge in [-0.15, -0.1) is 0 Å². The summed E-state index contributed by atoms with van der Waals surface area (Å²) in [5.41, 5.74) is 5.11. The molecule has 0 aliphatic rings. The Bertz CT molecular complexity index is 172. The van der Waals surface area contributed by atoms with Gasteiger partial charge < -0.3 is 22.7 Å². The van der Waals surface area contributed by atoms with Gasteiger partial charge in [-0.05, 0) is 0 Å². The molecular weight excluding hydrogens is 136 g/mol. The first kappa shape index (κ1) is 8.21. The molecule has 0 aromatic rings. The first-order valence-corrected chi connectivity index (χ1v) is 2.28. The Balaban J connectivity index is 4.22. The molecule has 0 fully saturated rings. The molecule has 0 spiro atoms. The quantitative estimate of drug-likeness (QED) is 0.104. The van der Waals surface area contributed by atoms with Crippen molar-refractivity contribution in [2.24, 2.45) is 27.6 Å². The Morgan fingerprint density at radius 3 is 2.30 bits per heavy atom. The Hall–Kier alpha value is -1.79. The molecule has 1 amide bonds. The number of carbonyl (C=O) groups excluding carboxylic acids is 1. The zero-order valence-corrected chi connectivity index (χ0v) is 5.11. The van der Waals surface area contributed by atoms with E-state index in [4.69, 9.17) is 17.4 Å². The normalized spacial score (nSPS) is 12.8. The van der Waals surface area contributed by atoms with Crippen LogP contribution in [0.1, 0.15) is 0 Å². The fraction of sp³-hybridized carbons (Fsp3) is 0. The summed E-state index contributed by atoms with van der Waals surface area (Å²) in [6.07, 6.45) is 0.365. The average Bonchev–Trinajstić information content (AvgIpc) is 1.99. The molecule has 0 rings (SSSR count). The molecule has 0 bridgehead atoms. The molecule has 0 aliphatic carbocycles. The smallest absolute Gasteiger partial charge is 0.212 e. The standard InChI is InChI=1S/C3H8N6O/c4-2(8-5)3(9-6)7-1-10/h1H,5-6H2,(H2,4,8)(H,7,9,10). The predicted molar refractivity (Wildman–Crippen MR) is 36.6 cm³/mol. The Morgan fingerprint density at radius 1 is 1.40 bits per heavy atom. The van der Waals surface area contributed by atoms with Gasteiger partial charge >= 0.3 is 0 Å². The van der Waals surface area contributed by atoms with Gasteiger partial charge in [0.2, 0.25) is 6.41 Å². The van der Waals surface area contributed by atoms with Gasteiger partial charge in [-0.25, -0.2) is 0 Å². The molecule has 0 aromatic heterocycles. The minimum absolute atomic E-state index is 0.0579. The topological polar surface area (TPSA) is 132 Å². The van der Waals surface area contributed by atoms with Crippen LogP contribution in [0.3, 0.4) is 0 Å². The number of nitrogens with two attached hydrogens (primary N) is 3. The number of rotatable bonds is 1. The summed E-state index contributed by atoms with van der Waals surface area (Å²) in [5.74, 6) is 9.35. The fourth-order valence-electron chi connectivity index (χ4n) is 0.294. The van der Waals surface area contributed by atoms with Crippen molar-refractivity contribution in [1.29, 1.82) is 0 Å². The number of nitrogens with zero attached hydrogens (tertiary/aromatic N) is 2. The van der Waals surface area contributed by atoms with Gasteiger partial charge in [-0.2, -0.15) is 10.2 Å². The summed E-state index contributed by atoms with van der Waals surface area (Å²) >= 11 is 0. The largest absolute Gasteiger partial charge is 0.379 e. The van der Waals surface area contributed by atoms with Gasteiger partial charge in [0, 0.05) is 0 Å². The van der Waals surface area contributed by atoms with Gasteiger partial charge in [0.1, 0.15) is 0 Å². The van der Waals surface area contributed by atoms with E-state index in [2.05, 4.69) is 15.5 Å². The van der Waals surface area contributed by atoms with Crippen LogP contribution in [0.15, 0.2) is 10.2 Å². The van der Waals surface area contributed by atoms with Crippen LogP contribution in [0.25, 0.3) is 0 Å². The van der Waals surface area contributed by atoms with Crippen molar-refractivity contribution < 1.29 is 4.79 Å². The van der Waals surface area contributed by atoms with E-state index >= 15 is 0 Å². The Labute approximate surface area is 56.9 Å². The van der Waals surface area contributed by atoms with Crippen LogP contribution in [-0.2, 0) is 4.79 Å². The van der Waals surface area contributed by atoms with E-state index in [1.165, 1.54) is 0 Å². The Morgan fingerprint density at radius 2 is 2.00 bits per heavy atom. The van der Waals surface area contributed by atoms with Gasteiger partial charge in [0.15, 0.2) is 11.7 Å². The van der Waals surface area contributed by atoms with Crippen molar-refractivity contribution in [3.63, 3.8) is 0 Å². The second-order valence-electron chi connectivity index (χ2n) is 1.25. The second-order valence-corrected chi connectivity index (χ2v) is 1.25. The molecule has 7 heteroatoms. The average molecular weight is 144 g/mol. The molecule has 0 aliphatic heterocycles. The highest BCUT2D eigenvalue weighted by molar-refractivity contribution is 6.41. The highest BCUT2D eigenvalue weighted by Crippen LogP contribution is 1.66. The van der Waals surface area contributed by atoms with E-state index in [9.17, 15) is 4.79 Å². The summed E-state index contributed by atoms with van der Waals surface area (Å²) < 4.78 is 0. The van der Waals surface area contributed by atoms with Crippen molar-refractivity contribution in [2.45, 2.75) is 0 Å². The zero-order valence-electron chi connectivity index (χ0n) is 5.11. The molecule has 10 heavy (non-hydrogen) atoms. The van der Waals surface area contributed by atoms with Crippen molar-refractivity contribution in [3.05, 3.63) is 0 Å². The lowest BCUT2D eigenvalue weighted by molar-refractivity contribution is -0.108. The van der Waals surface area contributed by atoms with Gasteiger partial charge in [0.25, 0.3) is 0 Å². The molecule has 0 aromatic carbocycles. The van der Waals surface area contributed by atoms with E-state index in [0.29, 0.717) is 6.41 Å². The maximum atomic E-state index is 9.80.